The summed E-state index contributed by atoms with van der Waals surface area (Å²) in [5.41, 5.74) is 1.01. The molecule has 0 heterocycles. The van der Waals surface area contributed by atoms with Crippen LogP contribution in [0.15, 0.2) is 22.7 Å². The summed E-state index contributed by atoms with van der Waals surface area (Å²) in [7, 11) is 0. The van der Waals surface area contributed by atoms with Crippen molar-refractivity contribution in [1.82, 2.24) is 5.32 Å². The Morgan fingerprint density at radius 3 is 2.76 bits per heavy atom. The molecule has 0 fully saturated rings. The van der Waals surface area contributed by atoms with Crippen LogP contribution in [-0.4, -0.2) is 23.7 Å². The molecule has 0 unspecified atom stereocenters. The van der Waals surface area contributed by atoms with Gasteiger partial charge in [0.2, 0.25) is 0 Å². The van der Waals surface area contributed by atoms with Crippen LogP contribution < -0.4 is 10.1 Å². The van der Waals surface area contributed by atoms with Gasteiger partial charge in [-0.05, 0) is 47.5 Å². The van der Waals surface area contributed by atoms with Crippen LogP contribution in [0.5, 0.6) is 5.75 Å². The van der Waals surface area contributed by atoms with Gasteiger partial charge < -0.3 is 15.2 Å². The molecule has 0 atom stereocenters. The second kappa shape index (κ2) is 6.61. The van der Waals surface area contributed by atoms with Crippen LogP contribution in [0, 0.1) is 0 Å². The second-order valence-electron chi connectivity index (χ2n) is 3.93. The zero-order chi connectivity index (χ0) is 12.8. The van der Waals surface area contributed by atoms with E-state index in [9.17, 15) is 4.79 Å². The van der Waals surface area contributed by atoms with E-state index in [1.807, 2.05) is 32.0 Å². The topological polar surface area (TPSA) is 58.6 Å². The van der Waals surface area contributed by atoms with E-state index in [1.165, 1.54) is 0 Å². The highest BCUT2D eigenvalue weighted by Crippen LogP contribution is 2.26. The molecule has 0 aliphatic rings. The number of rotatable bonds is 6. The van der Waals surface area contributed by atoms with Gasteiger partial charge in [0.15, 0.2) is 0 Å². The summed E-state index contributed by atoms with van der Waals surface area (Å²) < 4.78 is 6.46. The molecule has 4 nitrogen and oxygen atoms in total. The molecule has 0 aromatic heterocycles. The van der Waals surface area contributed by atoms with Crippen LogP contribution in [0.3, 0.4) is 0 Å². The summed E-state index contributed by atoms with van der Waals surface area (Å²) >= 11 is 3.43. The zero-order valence-electron chi connectivity index (χ0n) is 9.87. The number of halogens is 1. The third-order valence-electron chi connectivity index (χ3n) is 1.96. The van der Waals surface area contributed by atoms with Crippen LogP contribution in [-0.2, 0) is 11.3 Å². The van der Waals surface area contributed by atoms with Crippen molar-refractivity contribution >= 4 is 21.9 Å². The van der Waals surface area contributed by atoms with Gasteiger partial charge in [0, 0.05) is 6.54 Å². The average Bonchev–Trinajstić information content (AvgIpc) is 2.21. The molecule has 1 rings (SSSR count). The largest absolute Gasteiger partial charge is 0.490 e. The number of carbonyl (C=O) groups is 1. The van der Waals surface area contributed by atoms with Gasteiger partial charge in [0.05, 0.1) is 17.1 Å². The molecule has 0 aliphatic heterocycles. The quantitative estimate of drug-likeness (QED) is 0.847. The predicted molar refractivity (Wildman–Crippen MR) is 69.2 cm³/mol. The van der Waals surface area contributed by atoms with Crippen molar-refractivity contribution in [3.8, 4) is 5.75 Å². The van der Waals surface area contributed by atoms with Gasteiger partial charge in [-0.1, -0.05) is 6.07 Å². The van der Waals surface area contributed by atoms with E-state index in [-0.39, 0.29) is 12.6 Å². The molecular weight excluding hydrogens is 286 g/mol. The molecule has 0 aliphatic carbocycles. The maximum Gasteiger partial charge on any atom is 0.317 e. The van der Waals surface area contributed by atoms with Crippen molar-refractivity contribution in [2.45, 2.75) is 26.5 Å². The van der Waals surface area contributed by atoms with Gasteiger partial charge in [-0.2, -0.15) is 0 Å². The molecule has 5 heteroatoms. The fourth-order valence-electron chi connectivity index (χ4n) is 1.32. The van der Waals surface area contributed by atoms with E-state index < -0.39 is 5.97 Å². The van der Waals surface area contributed by atoms with E-state index in [4.69, 9.17) is 9.84 Å². The highest BCUT2D eigenvalue weighted by Gasteiger charge is 2.05. The Labute approximate surface area is 109 Å². The molecule has 0 spiro atoms. The minimum Gasteiger partial charge on any atom is -0.490 e. The monoisotopic (exact) mass is 301 g/mol. The van der Waals surface area contributed by atoms with Crippen molar-refractivity contribution in [3.05, 3.63) is 28.2 Å². The first-order valence-corrected chi connectivity index (χ1v) is 6.16. The van der Waals surface area contributed by atoms with Crippen LogP contribution in [0.4, 0.5) is 0 Å². The lowest BCUT2D eigenvalue weighted by atomic mass is 10.2. The maximum atomic E-state index is 10.3. The van der Waals surface area contributed by atoms with Crippen molar-refractivity contribution in [1.29, 1.82) is 0 Å². The fraction of sp³-hybridized carbons (Fsp3) is 0.417. The Balaban J connectivity index is 2.59. The Morgan fingerprint density at radius 1 is 1.53 bits per heavy atom. The van der Waals surface area contributed by atoms with Gasteiger partial charge in [-0.3, -0.25) is 4.79 Å². The van der Waals surface area contributed by atoms with Crippen molar-refractivity contribution in [3.63, 3.8) is 0 Å². The highest BCUT2D eigenvalue weighted by atomic mass is 79.9. The molecular formula is C12H16BrNO3. The van der Waals surface area contributed by atoms with Crippen LogP contribution in [0.1, 0.15) is 19.4 Å². The van der Waals surface area contributed by atoms with Gasteiger partial charge in [0.25, 0.3) is 0 Å². The summed E-state index contributed by atoms with van der Waals surface area (Å²) in [4.78, 5) is 10.3. The van der Waals surface area contributed by atoms with Gasteiger partial charge >= 0.3 is 5.97 Å². The third-order valence-corrected chi connectivity index (χ3v) is 2.58. The lowest BCUT2D eigenvalue weighted by Gasteiger charge is -2.12. The fourth-order valence-corrected chi connectivity index (χ4v) is 1.84. The molecule has 0 bridgehead atoms. The van der Waals surface area contributed by atoms with E-state index in [1.54, 1.807) is 0 Å². The van der Waals surface area contributed by atoms with Crippen LogP contribution >= 0.6 is 15.9 Å². The number of aliphatic carboxylic acids is 1. The van der Waals surface area contributed by atoms with E-state index in [0.717, 1.165) is 15.8 Å². The first-order chi connectivity index (χ1) is 7.99. The van der Waals surface area contributed by atoms with Crippen molar-refractivity contribution in [2.24, 2.45) is 0 Å². The number of hydrogen-bond donors (Lipinski definition) is 2. The zero-order valence-corrected chi connectivity index (χ0v) is 11.5. The molecule has 0 amide bonds. The number of hydrogen-bond acceptors (Lipinski definition) is 3. The van der Waals surface area contributed by atoms with Crippen molar-refractivity contribution < 1.29 is 14.6 Å². The van der Waals surface area contributed by atoms with Crippen molar-refractivity contribution in [2.75, 3.05) is 6.54 Å². The number of nitrogens with one attached hydrogen (secondary N) is 1. The van der Waals surface area contributed by atoms with Gasteiger partial charge in [0.1, 0.15) is 5.75 Å². The Bertz CT molecular complexity index is 393. The third kappa shape index (κ3) is 5.19. The minimum atomic E-state index is -0.858. The summed E-state index contributed by atoms with van der Waals surface area (Å²) in [5.74, 6) is -0.0641. The predicted octanol–water partition coefficient (Wildman–Crippen LogP) is 2.41. The van der Waals surface area contributed by atoms with Gasteiger partial charge in [-0.25, -0.2) is 0 Å². The molecule has 2 N–H and O–H groups in total. The van der Waals surface area contributed by atoms with Crippen LogP contribution in [0.25, 0.3) is 0 Å². The Hall–Kier alpha value is -1.07. The lowest BCUT2D eigenvalue weighted by Crippen LogP contribution is -2.21. The van der Waals surface area contributed by atoms with Crippen LogP contribution in [0.2, 0.25) is 0 Å². The molecule has 94 valence electrons. The summed E-state index contributed by atoms with van der Waals surface area (Å²) in [6.45, 7) is 4.41. The smallest absolute Gasteiger partial charge is 0.317 e. The van der Waals surface area contributed by atoms with E-state index in [2.05, 4.69) is 21.2 Å². The standard InChI is InChI=1S/C12H16BrNO3/c1-8(2)17-11-4-3-9(5-10(11)13)6-14-7-12(15)16/h3-5,8,14H,6-7H2,1-2H3,(H,15,16). The first kappa shape index (κ1) is 14.0. The summed E-state index contributed by atoms with van der Waals surface area (Å²) in [5, 5.41) is 11.3. The van der Waals surface area contributed by atoms with E-state index in [0.29, 0.717) is 6.54 Å². The lowest BCUT2D eigenvalue weighted by molar-refractivity contribution is -0.135. The summed E-state index contributed by atoms with van der Waals surface area (Å²) in [6.07, 6.45) is 0.127. The molecule has 0 radical (unpaired) electrons. The highest BCUT2D eigenvalue weighted by molar-refractivity contribution is 9.10. The Kier molecular flexibility index (Phi) is 5.44. The number of carboxylic acid groups (broad SMARTS) is 1. The van der Waals surface area contributed by atoms with E-state index >= 15 is 0 Å². The molecule has 0 saturated carbocycles. The maximum absolute atomic E-state index is 10.3. The number of benzene rings is 1. The molecule has 17 heavy (non-hydrogen) atoms. The summed E-state index contributed by atoms with van der Waals surface area (Å²) in [6, 6.07) is 5.71. The Morgan fingerprint density at radius 2 is 2.24 bits per heavy atom. The molecule has 1 aromatic carbocycles. The first-order valence-electron chi connectivity index (χ1n) is 5.36. The molecule has 1 aromatic rings. The number of carboxylic acids is 1. The minimum absolute atomic E-state index is 0.0398. The second-order valence-corrected chi connectivity index (χ2v) is 4.78. The number of ether oxygens (including phenoxy) is 1. The van der Waals surface area contributed by atoms with Gasteiger partial charge in [-0.15, -0.1) is 0 Å². The SMILES string of the molecule is CC(C)Oc1ccc(CNCC(=O)O)cc1Br. The normalized spacial score (nSPS) is 10.6. The average molecular weight is 302 g/mol. The molecule has 0 saturated heterocycles.